The number of carbonyl (C=O) groups excluding carboxylic acids is 1. The van der Waals surface area contributed by atoms with Gasteiger partial charge in [-0.1, -0.05) is 6.07 Å². The number of anilines is 1. The van der Waals surface area contributed by atoms with Crippen molar-refractivity contribution in [2.75, 3.05) is 5.32 Å². The van der Waals surface area contributed by atoms with Crippen molar-refractivity contribution >= 4 is 17.7 Å². The summed E-state index contributed by atoms with van der Waals surface area (Å²) < 4.78 is 5.09. The molecule has 0 spiro atoms. The van der Waals surface area contributed by atoms with Crippen LogP contribution in [0.1, 0.15) is 40.2 Å². The van der Waals surface area contributed by atoms with E-state index in [1.54, 1.807) is 20.8 Å². The van der Waals surface area contributed by atoms with Crippen molar-refractivity contribution in [2.24, 2.45) is 0 Å². The molecular formula is C15H21NO5. The Balaban J connectivity index is 2.94. The van der Waals surface area contributed by atoms with Gasteiger partial charge in [0.15, 0.2) is 0 Å². The van der Waals surface area contributed by atoms with E-state index in [-0.39, 0.29) is 11.3 Å². The number of amides is 1. The van der Waals surface area contributed by atoms with E-state index in [1.165, 1.54) is 32.0 Å². The highest BCUT2D eigenvalue weighted by molar-refractivity contribution is 5.86. The van der Waals surface area contributed by atoms with E-state index in [1.807, 2.05) is 0 Å². The van der Waals surface area contributed by atoms with Crippen LogP contribution in [0.15, 0.2) is 18.2 Å². The van der Waals surface area contributed by atoms with Crippen LogP contribution in [0, 0.1) is 0 Å². The fourth-order valence-electron chi connectivity index (χ4n) is 1.67. The number of carboxylic acid groups (broad SMARTS) is 1. The number of phenols is 1. The predicted molar refractivity (Wildman–Crippen MR) is 78.6 cm³/mol. The summed E-state index contributed by atoms with van der Waals surface area (Å²) in [7, 11) is 0. The molecule has 0 aliphatic heterocycles. The van der Waals surface area contributed by atoms with Gasteiger partial charge in [-0.2, -0.15) is 0 Å². The normalized spacial score (nSPS) is 11.9. The van der Waals surface area contributed by atoms with Gasteiger partial charge in [0, 0.05) is 17.3 Å². The van der Waals surface area contributed by atoms with E-state index in [9.17, 15) is 14.7 Å². The van der Waals surface area contributed by atoms with Crippen LogP contribution in [0.4, 0.5) is 10.5 Å². The lowest BCUT2D eigenvalue weighted by molar-refractivity contribution is -0.142. The zero-order chi connectivity index (χ0) is 16.4. The molecule has 6 heteroatoms. The maximum absolute atomic E-state index is 11.6. The Kier molecular flexibility index (Phi) is 4.51. The Morgan fingerprint density at radius 3 is 2.14 bits per heavy atom. The molecule has 0 bridgehead atoms. The topological polar surface area (TPSA) is 95.9 Å². The highest BCUT2D eigenvalue weighted by Crippen LogP contribution is 2.33. The minimum Gasteiger partial charge on any atom is -0.508 e. The monoisotopic (exact) mass is 295 g/mol. The van der Waals surface area contributed by atoms with Gasteiger partial charge in [0.05, 0.1) is 5.41 Å². The highest BCUT2D eigenvalue weighted by Gasteiger charge is 2.32. The van der Waals surface area contributed by atoms with Crippen LogP contribution in [0.2, 0.25) is 0 Å². The minimum absolute atomic E-state index is 0.198. The van der Waals surface area contributed by atoms with Gasteiger partial charge in [0.25, 0.3) is 0 Å². The van der Waals surface area contributed by atoms with Gasteiger partial charge >= 0.3 is 12.1 Å². The summed E-state index contributed by atoms with van der Waals surface area (Å²) in [5, 5.41) is 21.6. The number of carbonyl (C=O) groups is 2. The number of carboxylic acids is 1. The Hall–Kier alpha value is -2.24. The average molecular weight is 295 g/mol. The lowest BCUT2D eigenvalue weighted by Gasteiger charge is -2.22. The van der Waals surface area contributed by atoms with E-state index in [0.29, 0.717) is 5.69 Å². The standard InChI is InChI=1S/C15H21NO5/c1-14(2,3)21-13(20)16-9-6-7-10(11(17)8-9)15(4,5)12(18)19/h6-8,17H,1-5H3,(H,16,20)(H,18,19). The number of aromatic hydroxyl groups is 1. The van der Waals surface area contributed by atoms with Gasteiger partial charge in [-0.05, 0) is 40.7 Å². The number of aliphatic carboxylic acids is 1. The summed E-state index contributed by atoms with van der Waals surface area (Å²) in [6.07, 6.45) is -0.646. The molecule has 6 nitrogen and oxygen atoms in total. The highest BCUT2D eigenvalue weighted by atomic mass is 16.6. The molecule has 0 fully saturated rings. The molecule has 3 N–H and O–H groups in total. The van der Waals surface area contributed by atoms with Crippen LogP contribution in [-0.2, 0) is 14.9 Å². The van der Waals surface area contributed by atoms with Crippen molar-refractivity contribution in [3.63, 3.8) is 0 Å². The number of hydrogen-bond acceptors (Lipinski definition) is 4. The van der Waals surface area contributed by atoms with Crippen molar-refractivity contribution in [2.45, 2.75) is 45.6 Å². The van der Waals surface area contributed by atoms with Crippen LogP contribution in [-0.4, -0.2) is 27.9 Å². The molecule has 1 aromatic carbocycles. The second-order valence-corrected chi connectivity index (χ2v) is 6.29. The third kappa shape index (κ3) is 4.37. The zero-order valence-electron chi connectivity index (χ0n) is 12.9. The van der Waals surface area contributed by atoms with Crippen molar-refractivity contribution in [3.05, 3.63) is 23.8 Å². The van der Waals surface area contributed by atoms with Gasteiger partial charge in [-0.15, -0.1) is 0 Å². The molecule has 0 radical (unpaired) electrons. The second kappa shape index (κ2) is 5.63. The maximum Gasteiger partial charge on any atom is 0.412 e. The third-order valence-electron chi connectivity index (χ3n) is 2.85. The van der Waals surface area contributed by atoms with Crippen molar-refractivity contribution in [1.82, 2.24) is 0 Å². The molecule has 0 atom stereocenters. The van der Waals surface area contributed by atoms with Gasteiger partial charge in [0.2, 0.25) is 0 Å². The van der Waals surface area contributed by atoms with Crippen LogP contribution in [0.25, 0.3) is 0 Å². The SMILES string of the molecule is CC(C)(C)OC(=O)Nc1ccc(C(C)(C)C(=O)O)c(O)c1. The van der Waals surface area contributed by atoms with Crippen LogP contribution < -0.4 is 5.32 Å². The first kappa shape index (κ1) is 16.8. The molecule has 1 aromatic rings. The van der Waals surface area contributed by atoms with E-state index >= 15 is 0 Å². The lowest BCUT2D eigenvalue weighted by atomic mass is 9.84. The molecule has 0 heterocycles. The summed E-state index contributed by atoms with van der Waals surface area (Å²) in [4.78, 5) is 22.8. The summed E-state index contributed by atoms with van der Waals surface area (Å²) in [5.41, 5.74) is -1.26. The number of benzene rings is 1. The van der Waals surface area contributed by atoms with Crippen molar-refractivity contribution in [1.29, 1.82) is 0 Å². The van der Waals surface area contributed by atoms with Crippen LogP contribution >= 0.6 is 0 Å². The Labute approximate surface area is 123 Å². The molecule has 116 valence electrons. The van der Waals surface area contributed by atoms with Gasteiger partial charge in [-0.3, -0.25) is 10.1 Å². The number of nitrogens with one attached hydrogen (secondary N) is 1. The molecule has 0 unspecified atom stereocenters. The zero-order valence-corrected chi connectivity index (χ0v) is 12.9. The molecule has 0 saturated carbocycles. The summed E-state index contributed by atoms with van der Waals surface area (Å²) in [5.74, 6) is -1.25. The number of rotatable bonds is 3. The summed E-state index contributed by atoms with van der Waals surface area (Å²) in [6, 6.07) is 4.28. The lowest BCUT2D eigenvalue weighted by Crippen LogP contribution is -2.29. The van der Waals surface area contributed by atoms with Crippen LogP contribution in [0.5, 0.6) is 5.75 Å². The Morgan fingerprint density at radius 2 is 1.71 bits per heavy atom. The Morgan fingerprint density at radius 1 is 1.14 bits per heavy atom. The fourth-order valence-corrected chi connectivity index (χ4v) is 1.67. The maximum atomic E-state index is 11.6. The van der Waals surface area contributed by atoms with Gasteiger partial charge in [-0.25, -0.2) is 4.79 Å². The third-order valence-corrected chi connectivity index (χ3v) is 2.85. The largest absolute Gasteiger partial charge is 0.508 e. The first-order valence-electron chi connectivity index (χ1n) is 6.50. The molecule has 0 aliphatic rings. The summed E-state index contributed by atoms with van der Waals surface area (Å²) in [6.45, 7) is 8.20. The van der Waals surface area contributed by atoms with Crippen molar-refractivity contribution in [3.8, 4) is 5.75 Å². The fraction of sp³-hybridized carbons (Fsp3) is 0.467. The minimum atomic E-state index is -1.23. The first-order valence-corrected chi connectivity index (χ1v) is 6.50. The number of hydrogen-bond donors (Lipinski definition) is 3. The van der Waals surface area contributed by atoms with E-state index < -0.39 is 23.1 Å². The number of phenolic OH excluding ortho intramolecular Hbond substituents is 1. The molecule has 21 heavy (non-hydrogen) atoms. The van der Waals surface area contributed by atoms with Gasteiger partial charge < -0.3 is 14.9 Å². The molecule has 1 rings (SSSR count). The quantitative estimate of drug-likeness (QED) is 0.796. The number of ether oxygens (including phenoxy) is 1. The summed E-state index contributed by atoms with van der Waals surface area (Å²) >= 11 is 0. The van der Waals surface area contributed by atoms with E-state index in [0.717, 1.165) is 0 Å². The average Bonchev–Trinajstić information content (AvgIpc) is 2.25. The van der Waals surface area contributed by atoms with E-state index in [2.05, 4.69) is 5.32 Å². The molecule has 1 amide bonds. The smallest absolute Gasteiger partial charge is 0.412 e. The van der Waals surface area contributed by atoms with Crippen molar-refractivity contribution < 1.29 is 24.5 Å². The Bertz CT molecular complexity index is 558. The second-order valence-electron chi connectivity index (χ2n) is 6.29. The van der Waals surface area contributed by atoms with E-state index in [4.69, 9.17) is 9.84 Å². The first-order chi connectivity index (χ1) is 9.43. The molecule has 0 saturated heterocycles. The van der Waals surface area contributed by atoms with Gasteiger partial charge in [0.1, 0.15) is 11.4 Å². The molecule has 0 aromatic heterocycles. The molecular weight excluding hydrogens is 274 g/mol. The molecule has 0 aliphatic carbocycles. The predicted octanol–water partition coefficient (Wildman–Crippen LogP) is 3.10. The van der Waals surface area contributed by atoms with Crippen LogP contribution in [0.3, 0.4) is 0 Å².